The summed E-state index contributed by atoms with van der Waals surface area (Å²) < 4.78 is 0. The molecule has 0 saturated heterocycles. The Kier molecular flexibility index (Phi) is 3.82. The van der Waals surface area contributed by atoms with Crippen LogP contribution >= 0.6 is 23.2 Å². The molecule has 0 heterocycles. The Bertz CT molecular complexity index is 263. The highest BCUT2D eigenvalue weighted by atomic mass is 35.5. The van der Waals surface area contributed by atoms with Gasteiger partial charge in [0.25, 0.3) is 0 Å². The van der Waals surface area contributed by atoms with Crippen LogP contribution in [0.2, 0.25) is 10.0 Å². The number of halogens is 2. The first kappa shape index (κ1) is 9.81. The zero-order valence-electron chi connectivity index (χ0n) is 6.48. The van der Waals surface area contributed by atoms with Gasteiger partial charge in [0, 0.05) is 16.6 Å². The van der Waals surface area contributed by atoms with Crippen LogP contribution in [0.1, 0.15) is 5.56 Å². The van der Waals surface area contributed by atoms with Gasteiger partial charge < -0.3 is 0 Å². The van der Waals surface area contributed by atoms with Gasteiger partial charge in [-0.25, -0.2) is 0 Å². The zero-order valence-corrected chi connectivity index (χ0v) is 7.99. The van der Waals surface area contributed by atoms with Crippen molar-refractivity contribution in [3.05, 3.63) is 33.8 Å². The molecule has 0 aliphatic rings. The molecule has 0 atom stereocenters. The van der Waals surface area contributed by atoms with Crippen LogP contribution in [0.15, 0.2) is 18.2 Å². The van der Waals surface area contributed by atoms with Crippen LogP contribution in [0, 0.1) is 0 Å². The van der Waals surface area contributed by atoms with Crippen LogP contribution in [-0.4, -0.2) is 6.54 Å². The van der Waals surface area contributed by atoms with Crippen molar-refractivity contribution in [3.8, 4) is 0 Å². The van der Waals surface area contributed by atoms with Crippen molar-refractivity contribution in [2.24, 2.45) is 5.84 Å². The van der Waals surface area contributed by atoms with E-state index in [1.807, 2.05) is 12.1 Å². The van der Waals surface area contributed by atoms with Gasteiger partial charge in [-0.2, -0.15) is 0 Å². The minimum absolute atomic E-state index is 0.657. The Balaban J connectivity index is 2.72. The Morgan fingerprint density at radius 2 is 2.08 bits per heavy atom. The summed E-state index contributed by atoms with van der Waals surface area (Å²) in [5.74, 6) is 5.14. The molecule has 0 bridgehead atoms. The van der Waals surface area contributed by atoms with Crippen molar-refractivity contribution < 1.29 is 0 Å². The fraction of sp³-hybridized carbons (Fsp3) is 0.250. The highest BCUT2D eigenvalue weighted by molar-refractivity contribution is 6.35. The van der Waals surface area contributed by atoms with Gasteiger partial charge in [-0.15, -0.1) is 0 Å². The molecule has 66 valence electrons. The average molecular weight is 205 g/mol. The molecule has 1 aromatic rings. The fourth-order valence-electron chi connectivity index (χ4n) is 0.931. The minimum Gasteiger partial charge on any atom is -0.271 e. The number of hydrazine groups is 1. The highest BCUT2D eigenvalue weighted by Crippen LogP contribution is 2.20. The lowest BCUT2D eigenvalue weighted by atomic mass is 10.1. The number of hydrogen-bond donors (Lipinski definition) is 2. The summed E-state index contributed by atoms with van der Waals surface area (Å²) in [5.41, 5.74) is 3.62. The molecule has 12 heavy (non-hydrogen) atoms. The van der Waals surface area contributed by atoms with Gasteiger partial charge in [-0.3, -0.25) is 11.3 Å². The molecule has 0 amide bonds. The molecule has 1 aromatic carbocycles. The van der Waals surface area contributed by atoms with E-state index in [-0.39, 0.29) is 0 Å². The second kappa shape index (κ2) is 4.67. The van der Waals surface area contributed by atoms with E-state index >= 15 is 0 Å². The Hall–Kier alpha value is -0.280. The first-order valence-corrected chi connectivity index (χ1v) is 4.37. The summed E-state index contributed by atoms with van der Waals surface area (Å²) in [5, 5.41) is 1.35. The smallest absolute Gasteiger partial charge is 0.0453 e. The molecule has 0 unspecified atom stereocenters. The van der Waals surface area contributed by atoms with Crippen molar-refractivity contribution in [3.63, 3.8) is 0 Å². The van der Waals surface area contributed by atoms with E-state index in [1.54, 1.807) is 6.07 Å². The van der Waals surface area contributed by atoms with Crippen LogP contribution in [0.4, 0.5) is 0 Å². The van der Waals surface area contributed by atoms with Crippen molar-refractivity contribution in [1.29, 1.82) is 0 Å². The molecule has 0 fully saturated rings. The maximum Gasteiger partial charge on any atom is 0.0453 e. The SMILES string of the molecule is NNCCc1ccc(Cl)cc1Cl. The topological polar surface area (TPSA) is 38.0 Å². The number of rotatable bonds is 3. The second-order valence-electron chi connectivity index (χ2n) is 2.44. The van der Waals surface area contributed by atoms with E-state index in [4.69, 9.17) is 29.0 Å². The van der Waals surface area contributed by atoms with Gasteiger partial charge in [-0.1, -0.05) is 29.3 Å². The lowest BCUT2D eigenvalue weighted by Gasteiger charge is -2.03. The standard InChI is InChI=1S/C8H10Cl2N2/c9-7-2-1-6(3-4-12-11)8(10)5-7/h1-2,5,12H,3-4,11H2. The maximum absolute atomic E-state index is 5.91. The minimum atomic E-state index is 0.657. The Morgan fingerprint density at radius 1 is 1.33 bits per heavy atom. The summed E-state index contributed by atoms with van der Waals surface area (Å²) in [6, 6.07) is 5.45. The molecule has 0 saturated carbocycles. The molecule has 0 spiro atoms. The van der Waals surface area contributed by atoms with E-state index in [0.29, 0.717) is 16.6 Å². The molecule has 0 radical (unpaired) electrons. The lowest BCUT2D eigenvalue weighted by Crippen LogP contribution is -2.24. The summed E-state index contributed by atoms with van der Waals surface area (Å²) in [4.78, 5) is 0. The summed E-state index contributed by atoms with van der Waals surface area (Å²) in [7, 11) is 0. The molecular weight excluding hydrogens is 195 g/mol. The van der Waals surface area contributed by atoms with Crippen LogP contribution in [0.5, 0.6) is 0 Å². The molecule has 1 rings (SSSR count). The average Bonchev–Trinajstić information content (AvgIpc) is 2.03. The third-order valence-electron chi connectivity index (χ3n) is 1.55. The maximum atomic E-state index is 5.91. The predicted octanol–water partition coefficient (Wildman–Crippen LogP) is 2.00. The molecule has 0 aliphatic carbocycles. The normalized spacial score (nSPS) is 10.2. The van der Waals surface area contributed by atoms with E-state index in [1.165, 1.54) is 0 Å². The van der Waals surface area contributed by atoms with Crippen molar-refractivity contribution in [2.45, 2.75) is 6.42 Å². The second-order valence-corrected chi connectivity index (χ2v) is 3.28. The summed E-state index contributed by atoms with van der Waals surface area (Å²) in [6.45, 7) is 0.710. The molecule has 3 N–H and O–H groups in total. The highest BCUT2D eigenvalue weighted by Gasteiger charge is 1.99. The largest absolute Gasteiger partial charge is 0.271 e. The quantitative estimate of drug-likeness (QED) is 0.585. The van der Waals surface area contributed by atoms with Crippen LogP contribution in [-0.2, 0) is 6.42 Å². The van der Waals surface area contributed by atoms with Crippen LogP contribution in [0.25, 0.3) is 0 Å². The van der Waals surface area contributed by atoms with Gasteiger partial charge in [-0.05, 0) is 24.1 Å². The molecule has 0 aromatic heterocycles. The van der Waals surface area contributed by atoms with Crippen LogP contribution in [0.3, 0.4) is 0 Å². The number of benzene rings is 1. The van der Waals surface area contributed by atoms with Crippen molar-refractivity contribution >= 4 is 23.2 Å². The first-order chi connectivity index (χ1) is 5.74. The van der Waals surface area contributed by atoms with Gasteiger partial charge in [0.05, 0.1) is 0 Å². The first-order valence-electron chi connectivity index (χ1n) is 3.61. The fourth-order valence-corrected chi connectivity index (χ4v) is 1.43. The Labute approximate surface area is 81.6 Å². The van der Waals surface area contributed by atoms with Gasteiger partial charge in [0.2, 0.25) is 0 Å². The van der Waals surface area contributed by atoms with E-state index in [2.05, 4.69) is 5.43 Å². The predicted molar refractivity (Wildman–Crippen MR) is 52.4 cm³/mol. The Morgan fingerprint density at radius 3 is 2.67 bits per heavy atom. The third kappa shape index (κ3) is 2.64. The molecule has 4 heteroatoms. The number of hydrogen-bond acceptors (Lipinski definition) is 2. The molecule has 0 aliphatic heterocycles. The van der Waals surface area contributed by atoms with Gasteiger partial charge in [0.15, 0.2) is 0 Å². The molecular formula is C8H10Cl2N2. The van der Waals surface area contributed by atoms with Crippen molar-refractivity contribution in [2.75, 3.05) is 6.54 Å². The lowest BCUT2D eigenvalue weighted by molar-refractivity contribution is 0.728. The third-order valence-corrected chi connectivity index (χ3v) is 2.14. The summed E-state index contributed by atoms with van der Waals surface area (Å²) in [6.07, 6.45) is 0.812. The van der Waals surface area contributed by atoms with Gasteiger partial charge in [0.1, 0.15) is 0 Å². The van der Waals surface area contributed by atoms with Crippen LogP contribution < -0.4 is 11.3 Å². The van der Waals surface area contributed by atoms with E-state index in [9.17, 15) is 0 Å². The monoisotopic (exact) mass is 204 g/mol. The van der Waals surface area contributed by atoms with E-state index < -0.39 is 0 Å². The molecule has 2 nitrogen and oxygen atoms in total. The number of nitrogens with one attached hydrogen (secondary N) is 1. The summed E-state index contributed by atoms with van der Waals surface area (Å²) >= 11 is 11.6. The van der Waals surface area contributed by atoms with Crippen molar-refractivity contribution in [1.82, 2.24) is 5.43 Å². The number of nitrogens with two attached hydrogens (primary N) is 1. The van der Waals surface area contributed by atoms with Gasteiger partial charge >= 0.3 is 0 Å². The zero-order chi connectivity index (χ0) is 8.97. The van der Waals surface area contributed by atoms with E-state index in [0.717, 1.165) is 12.0 Å².